The Balaban J connectivity index is 2.15. The molecule has 1 fully saturated rings. The first-order valence-electron chi connectivity index (χ1n) is 7.57. The van der Waals surface area contributed by atoms with E-state index in [1.54, 1.807) is 6.33 Å². The third-order valence-corrected chi connectivity index (χ3v) is 4.69. The number of aryl methyl sites for hydroxylation is 1. The Kier molecular flexibility index (Phi) is 4.61. The van der Waals surface area contributed by atoms with Gasteiger partial charge in [-0.15, -0.1) is 0 Å². The molecule has 1 N–H and O–H groups in total. The SMILES string of the molecule is CNC(Cc1ncnn1C)C1(CC(C)C)CCCC1. The summed E-state index contributed by atoms with van der Waals surface area (Å²) in [5.41, 5.74) is 0.453. The van der Waals surface area contributed by atoms with Gasteiger partial charge in [-0.2, -0.15) is 5.10 Å². The van der Waals surface area contributed by atoms with E-state index in [1.165, 1.54) is 32.1 Å². The summed E-state index contributed by atoms with van der Waals surface area (Å²) in [7, 11) is 4.08. The number of nitrogens with zero attached hydrogens (tertiary/aromatic N) is 3. The molecule has 1 aliphatic carbocycles. The Morgan fingerprint density at radius 1 is 1.37 bits per heavy atom. The highest BCUT2D eigenvalue weighted by molar-refractivity contribution is 5.00. The molecule has 0 bridgehead atoms. The van der Waals surface area contributed by atoms with Gasteiger partial charge in [0.1, 0.15) is 12.2 Å². The summed E-state index contributed by atoms with van der Waals surface area (Å²) >= 11 is 0. The minimum atomic E-state index is 0.453. The average molecular weight is 264 g/mol. The van der Waals surface area contributed by atoms with Gasteiger partial charge in [-0.3, -0.25) is 4.68 Å². The summed E-state index contributed by atoms with van der Waals surface area (Å²) in [6, 6.07) is 0.514. The fourth-order valence-electron chi connectivity index (χ4n) is 3.90. The molecular formula is C15H28N4. The van der Waals surface area contributed by atoms with Gasteiger partial charge in [0.05, 0.1) is 0 Å². The molecule has 0 spiro atoms. The maximum atomic E-state index is 4.40. The van der Waals surface area contributed by atoms with Crippen LogP contribution >= 0.6 is 0 Å². The number of likely N-dealkylation sites (N-methyl/N-ethyl adjacent to an activating group) is 1. The molecule has 0 radical (unpaired) electrons. The van der Waals surface area contributed by atoms with Crippen LogP contribution in [0.25, 0.3) is 0 Å². The van der Waals surface area contributed by atoms with E-state index in [9.17, 15) is 0 Å². The van der Waals surface area contributed by atoms with Crippen LogP contribution in [-0.2, 0) is 13.5 Å². The molecule has 2 rings (SSSR count). The highest BCUT2D eigenvalue weighted by Crippen LogP contribution is 2.46. The molecule has 1 aliphatic rings. The molecule has 0 amide bonds. The number of hydrogen-bond donors (Lipinski definition) is 1. The highest BCUT2D eigenvalue weighted by Gasteiger charge is 2.41. The van der Waals surface area contributed by atoms with Gasteiger partial charge in [0.2, 0.25) is 0 Å². The molecule has 0 aliphatic heterocycles. The summed E-state index contributed by atoms with van der Waals surface area (Å²) in [5.74, 6) is 1.85. The molecule has 1 atom stereocenters. The van der Waals surface area contributed by atoms with Crippen molar-refractivity contribution in [2.24, 2.45) is 18.4 Å². The standard InChI is InChI=1S/C15H28N4/c1-12(2)10-15(7-5-6-8-15)13(16-3)9-14-17-11-18-19(14)4/h11-13,16H,5-10H2,1-4H3. The quantitative estimate of drug-likeness (QED) is 0.858. The third kappa shape index (κ3) is 3.16. The fraction of sp³-hybridized carbons (Fsp3) is 0.867. The van der Waals surface area contributed by atoms with Crippen LogP contribution in [0.2, 0.25) is 0 Å². The molecule has 4 heteroatoms. The number of aromatic nitrogens is 3. The molecule has 19 heavy (non-hydrogen) atoms. The Bertz CT molecular complexity index is 391. The third-order valence-electron chi connectivity index (χ3n) is 4.69. The monoisotopic (exact) mass is 264 g/mol. The summed E-state index contributed by atoms with van der Waals surface area (Å²) in [4.78, 5) is 4.40. The Hall–Kier alpha value is -0.900. The molecular weight excluding hydrogens is 236 g/mol. The molecule has 0 aromatic carbocycles. The molecule has 1 unspecified atom stereocenters. The first-order valence-corrected chi connectivity index (χ1v) is 7.57. The van der Waals surface area contributed by atoms with E-state index in [4.69, 9.17) is 0 Å². The van der Waals surface area contributed by atoms with Crippen molar-refractivity contribution >= 4 is 0 Å². The Morgan fingerprint density at radius 3 is 2.53 bits per heavy atom. The maximum Gasteiger partial charge on any atom is 0.138 e. The van der Waals surface area contributed by atoms with Gasteiger partial charge in [0.25, 0.3) is 0 Å². The molecule has 1 aromatic rings. The maximum absolute atomic E-state index is 4.40. The molecule has 108 valence electrons. The predicted octanol–water partition coefficient (Wildman–Crippen LogP) is 2.55. The minimum absolute atomic E-state index is 0.453. The van der Waals surface area contributed by atoms with Crippen molar-refractivity contribution in [1.29, 1.82) is 0 Å². The second-order valence-corrected chi connectivity index (χ2v) is 6.51. The van der Waals surface area contributed by atoms with Crippen LogP contribution in [0.15, 0.2) is 6.33 Å². The van der Waals surface area contributed by atoms with Gasteiger partial charge in [-0.05, 0) is 37.6 Å². The van der Waals surface area contributed by atoms with E-state index in [-0.39, 0.29) is 0 Å². The normalized spacial score (nSPS) is 20.1. The second-order valence-electron chi connectivity index (χ2n) is 6.51. The van der Waals surface area contributed by atoms with Crippen LogP contribution < -0.4 is 5.32 Å². The lowest BCUT2D eigenvalue weighted by Crippen LogP contribution is -2.45. The van der Waals surface area contributed by atoms with E-state index < -0.39 is 0 Å². The topological polar surface area (TPSA) is 42.7 Å². The van der Waals surface area contributed by atoms with Gasteiger partial charge >= 0.3 is 0 Å². The van der Waals surface area contributed by atoms with Crippen LogP contribution in [-0.4, -0.2) is 27.9 Å². The van der Waals surface area contributed by atoms with Crippen molar-refractivity contribution in [2.45, 2.75) is 58.4 Å². The van der Waals surface area contributed by atoms with Gasteiger partial charge in [0, 0.05) is 19.5 Å². The largest absolute Gasteiger partial charge is 0.316 e. The molecule has 4 nitrogen and oxygen atoms in total. The van der Waals surface area contributed by atoms with E-state index in [0.717, 1.165) is 18.2 Å². The lowest BCUT2D eigenvalue weighted by atomic mass is 9.71. The van der Waals surface area contributed by atoms with Gasteiger partial charge < -0.3 is 5.32 Å². The number of rotatable bonds is 6. The van der Waals surface area contributed by atoms with Crippen LogP contribution in [0.4, 0.5) is 0 Å². The van der Waals surface area contributed by atoms with Gasteiger partial charge in [0.15, 0.2) is 0 Å². The zero-order valence-electron chi connectivity index (χ0n) is 12.8. The minimum Gasteiger partial charge on any atom is -0.316 e. The van der Waals surface area contributed by atoms with Crippen molar-refractivity contribution in [2.75, 3.05) is 7.05 Å². The van der Waals surface area contributed by atoms with Crippen molar-refractivity contribution in [1.82, 2.24) is 20.1 Å². The highest BCUT2D eigenvalue weighted by atomic mass is 15.3. The summed E-state index contributed by atoms with van der Waals surface area (Å²) in [6.45, 7) is 4.68. The van der Waals surface area contributed by atoms with Crippen molar-refractivity contribution in [3.63, 3.8) is 0 Å². The van der Waals surface area contributed by atoms with Crippen LogP contribution in [0.5, 0.6) is 0 Å². The second kappa shape index (κ2) is 6.04. The van der Waals surface area contributed by atoms with E-state index in [2.05, 4.69) is 36.3 Å². The van der Waals surface area contributed by atoms with Crippen LogP contribution in [0.1, 0.15) is 51.8 Å². The van der Waals surface area contributed by atoms with Gasteiger partial charge in [-0.25, -0.2) is 4.98 Å². The van der Waals surface area contributed by atoms with Crippen LogP contribution in [0, 0.1) is 11.3 Å². The van der Waals surface area contributed by atoms with Crippen molar-refractivity contribution in [3.8, 4) is 0 Å². The average Bonchev–Trinajstić information content (AvgIpc) is 2.96. The van der Waals surface area contributed by atoms with E-state index in [1.807, 2.05) is 11.7 Å². The summed E-state index contributed by atoms with van der Waals surface area (Å²) in [6.07, 6.45) is 9.43. The molecule has 1 aromatic heterocycles. The first kappa shape index (κ1) is 14.5. The lowest BCUT2D eigenvalue weighted by molar-refractivity contribution is 0.158. The number of nitrogens with one attached hydrogen (secondary N) is 1. The zero-order valence-corrected chi connectivity index (χ0v) is 12.8. The Labute approximate surface area is 117 Å². The molecule has 0 saturated heterocycles. The van der Waals surface area contributed by atoms with Gasteiger partial charge in [-0.1, -0.05) is 26.7 Å². The molecule has 1 saturated carbocycles. The summed E-state index contributed by atoms with van der Waals surface area (Å²) in [5, 5.41) is 7.77. The van der Waals surface area contributed by atoms with E-state index >= 15 is 0 Å². The summed E-state index contributed by atoms with van der Waals surface area (Å²) < 4.78 is 1.91. The van der Waals surface area contributed by atoms with Crippen molar-refractivity contribution < 1.29 is 0 Å². The zero-order chi connectivity index (χ0) is 13.9. The molecule has 1 heterocycles. The smallest absolute Gasteiger partial charge is 0.138 e. The van der Waals surface area contributed by atoms with E-state index in [0.29, 0.717) is 11.5 Å². The predicted molar refractivity (Wildman–Crippen MR) is 77.9 cm³/mol. The first-order chi connectivity index (χ1) is 9.07. The van der Waals surface area contributed by atoms with Crippen molar-refractivity contribution in [3.05, 3.63) is 12.2 Å². The number of hydrogen-bond acceptors (Lipinski definition) is 3. The fourth-order valence-corrected chi connectivity index (χ4v) is 3.90. The Morgan fingerprint density at radius 2 is 2.05 bits per heavy atom. The van der Waals surface area contributed by atoms with Crippen LogP contribution in [0.3, 0.4) is 0 Å². The lowest BCUT2D eigenvalue weighted by Gasteiger charge is -2.39.